The molecule has 29 heavy (non-hydrogen) atoms. The lowest BCUT2D eigenvalue weighted by Gasteiger charge is -2.31. The van der Waals surface area contributed by atoms with Gasteiger partial charge in [-0.15, -0.1) is 0 Å². The fourth-order valence-electron chi connectivity index (χ4n) is 3.06. The molecule has 1 aromatic heterocycles. The molecule has 2 heterocycles. The quantitative estimate of drug-likeness (QED) is 0.580. The Hall–Kier alpha value is -3.06. The fraction of sp³-hybridized carbons (Fsp3) is 0.286. The molecular weight excluding hydrogens is 394 g/mol. The minimum atomic E-state index is -0.756. The predicted molar refractivity (Wildman–Crippen MR) is 110 cm³/mol. The van der Waals surface area contributed by atoms with E-state index >= 15 is 0 Å². The number of nitrogens with one attached hydrogen (secondary N) is 2. The summed E-state index contributed by atoms with van der Waals surface area (Å²) < 4.78 is 5.17. The second-order valence-electron chi connectivity index (χ2n) is 6.76. The summed E-state index contributed by atoms with van der Waals surface area (Å²) in [6.07, 6.45) is 6.21. The summed E-state index contributed by atoms with van der Waals surface area (Å²) in [7, 11) is 0. The summed E-state index contributed by atoms with van der Waals surface area (Å²) in [5, 5.41) is 5.52. The molecule has 2 aromatic rings. The van der Waals surface area contributed by atoms with E-state index in [4.69, 9.17) is 16.0 Å². The number of carbonyl (C=O) groups excluding carboxylic acids is 3. The Kier molecular flexibility index (Phi) is 7.08. The van der Waals surface area contributed by atoms with Crippen LogP contribution in [0.5, 0.6) is 0 Å². The lowest BCUT2D eigenvalue weighted by atomic mass is 9.96. The Morgan fingerprint density at radius 2 is 1.86 bits per heavy atom. The minimum Gasteiger partial charge on any atom is -0.465 e. The van der Waals surface area contributed by atoms with Crippen LogP contribution in [0, 0.1) is 5.92 Å². The molecule has 0 aliphatic carbocycles. The molecule has 1 saturated heterocycles. The van der Waals surface area contributed by atoms with Crippen molar-refractivity contribution in [3.05, 3.63) is 59.5 Å². The Morgan fingerprint density at radius 3 is 2.55 bits per heavy atom. The average Bonchev–Trinajstić information content (AvgIpc) is 3.26. The van der Waals surface area contributed by atoms with Gasteiger partial charge in [0.05, 0.1) is 17.0 Å². The molecule has 8 heteroatoms. The van der Waals surface area contributed by atoms with Crippen molar-refractivity contribution in [3.63, 3.8) is 0 Å². The molecule has 2 N–H and O–H groups in total. The van der Waals surface area contributed by atoms with Crippen LogP contribution >= 0.6 is 11.6 Å². The molecule has 7 nitrogen and oxygen atoms in total. The maximum atomic E-state index is 12.2. The molecule has 0 unspecified atom stereocenters. The number of furan rings is 1. The Labute approximate surface area is 173 Å². The van der Waals surface area contributed by atoms with Gasteiger partial charge in [-0.2, -0.15) is 0 Å². The molecule has 0 bridgehead atoms. The number of para-hydroxylation sites is 1. The van der Waals surface area contributed by atoms with Crippen molar-refractivity contribution in [1.82, 2.24) is 10.2 Å². The first-order valence-corrected chi connectivity index (χ1v) is 9.75. The molecule has 0 radical (unpaired) electrons. The normalized spacial score (nSPS) is 14.7. The standard InChI is InChI=1S/C21H22ClN3O4/c22-17-5-1-2-6-18(17)24-21(28)20(27)23-14-15-9-11-25(12-10-15)19(26)8-7-16-4-3-13-29-16/h1-8,13,15H,9-12,14H2,(H,23,27)(H,24,28)/b8-7+. The number of likely N-dealkylation sites (tertiary alicyclic amines) is 1. The minimum absolute atomic E-state index is 0.0667. The number of anilines is 1. The molecule has 3 amide bonds. The van der Waals surface area contributed by atoms with Crippen molar-refractivity contribution in [2.75, 3.05) is 25.0 Å². The van der Waals surface area contributed by atoms with E-state index < -0.39 is 11.8 Å². The van der Waals surface area contributed by atoms with Gasteiger partial charge in [-0.1, -0.05) is 23.7 Å². The zero-order valence-electron chi connectivity index (χ0n) is 15.8. The smallest absolute Gasteiger partial charge is 0.313 e. The first kappa shape index (κ1) is 20.7. The lowest BCUT2D eigenvalue weighted by molar-refractivity contribution is -0.136. The van der Waals surface area contributed by atoms with Crippen LogP contribution in [0.15, 0.2) is 53.2 Å². The van der Waals surface area contributed by atoms with Gasteiger partial charge in [0.2, 0.25) is 5.91 Å². The van der Waals surface area contributed by atoms with Gasteiger partial charge in [0.25, 0.3) is 0 Å². The number of rotatable bonds is 5. The van der Waals surface area contributed by atoms with Gasteiger partial charge in [0.15, 0.2) is 0 Å². The molecule has 152 valence electrons. The van der Waals surface area contributed by atoms with Crippen molar-refractivity contribution in [2.24, 2.45) is 5.92 Å². The Bertz CT molecular complexity index is 887. The molecule has 0 spiro atoms. The first-order chi connectivity index (χ1) is 14.0. The third-order valence-corrected chi connectivity index (χ3v) is 5.07. The summed E-state index contributed by atoms with van der Waals surface area (Å²) >= 11 is 5.97. The number of nitrogens with zero attached hydrogens (tertiary/aromatic N) is 1. The third-order valence-electron chi connectivity index (χ3n) is 4.74. The first-order valence-electron chi connectivity index (χ1n) is 9.37. The lowest BCUT2D eigenvalue weighted by Crippen LogP contribution is -2.43. The highest BCUT2D eigenvalue weighted by atomic mass is 35.5. The van der Waals surface area contributed by atoms with Crippen molar-refractivity contribution >= 4 is 41.1 Å². The number of benzene rings is 1. The molecular formula is C21H22ClN3O4. The summed E-state index contributed by atoms with van der Waals surface area (Å²) in [5.41, 5.74) is 0.392. The van der Waals surface area contributed by atoms with Crippen LogP contribution in [0.1, 0.15) is 18.6 Å². The van der Waals surface area contributed by atoms with Crippen molar-refractivity contribution in [2.45, 2.75) is 12.8 Å². The number of piperidine rings is 1. The van der Waals surface area contributed by atoms with E-state index in [0.717, 1.165) is 12.8 Å². The van der Waals surface area contributed by atoms with Crippen molar-refractivity contribution < 1.29 is 18.8 Å². The fourth-order valence-corrected chi connectivity index (χ4v) is 3.24. The zero-order chi connectivity index (χ0) is 20.6. The van der Waals surface area contributed by atoms with Crippen LogP contribution in [0.25, 0.3) is 6.08 Å². The number of halogens is 1. The second-order valence-corrected chi connectivity index (χ2v) is 7.17. The number of carbonyl (C=O) groups is 3. The van der Waals surface area contributed by atoms with Gasteiger partial charge >= 0.3 is 11.8 Å². The van der Waals surface area contributed by atoms with Crippen LogP contribution < -0.4 is 10.6 Å². The van der Waals surface area contributed by atoms with Crippen LogP contribution in [0.4, 0.5) is 5.69 Å². The topological polar surface area (TPSA) is 91.7 Å². The molecule has 1 fully saturated rings. The summed E-state index contributed by atoms with van der Waals surface area (Å²) in [5.74, 6) is -0.683. The maximum Gasteiger partial charge on any atom is 0.313 e. The number of hydrogen-bond donors (Lipinski definition) is 2. The highest BCUT2D eigenvalue weighted by molar-refractivity contribution is 6.41. The van der Waals surface area contributed by atoms with Gasteiger partial charge < -0.3 is 20.0 Å². The highest BCUT2D eigenvalue weighted by Crippen LogP contribution is 2.20. The van der Waals surface area contributed by atoms with Crippen LogP contribution in [0.3, 0.4) is 0 Å². The number of amides is 3. The second kappa shape index (κ2) is 9.93. The van der Waals surface area contributed by atoms with Crippen LogP contribution in [-0.2, 0) is 14.4 Å². The van der Waals surface area contributed by atoms with E-state index in [2.05, 4.69) is 10.6 Å². The van der Waals surface area contributed by atoms with E-state index in [1.54, 1.807) is 53.6 Å². The van der Waals surface area contributed by atoms with E-state index in [-0.39, 0.29) is 11.8 Å². The predicted octanol–water partition coefficient (Wildman–Crippen LogP) is 2.94. The SMILES string of the molecule is O=C(NCC1CCN(C(=O)/C=C/c2ccco2)CC1)C(=O)Nc1ccccc1Cl. The average molecular weight is 416 g/mol. The molecule has 1 aliphatic rings. The van der Waals surface area contributed by atoms with E-state index in [0.29, 0.717) is 36.1 Å². The molecule has 3 rings (SSSR count). The van der Waals surface area contributed by atoms with E-state index in [1.807, 2.05) is 0 Å². The Balaban J connectivity index is 1.39. The molecule has 1 aromatic carbocycles. The van der Waals surface area contributed by atoms with Crippen molar-refractivity contribution in [1.29, 1.82) is 0 Å². The molecule has 0 saturated carbocycles. The van der Waals surface area contributed by atoms with E-state index in [9.17, 15) is 14.4 Å². The zero-order valence-corrected chi connectivity index (χ0v) is 16.5. The summed E-state index contributed by atoms with van der Waals surface area (Å²) in [6, 6.07) is 10.3. The van der Waals surface area contributed by atoms with Gasteiger partial charge in [-0.3, -0.25) is 14.4 Å². The summed E-state index contributed by atoms with van der Waals surface area (Å²) in [6.45, 7) is 1.60. The number of hydrogen-bond acceptors (Lipinski definition) is 4. The Morgan fingerprint density at radius 1 is 1.10 bits per heavy atom. The summed E-state index contributed by atoms with van der Waals surface area (Å²) in [4.78, 5) is 38.0. The molecule has 1 aliphatic heterocycles. The highest BCUT2D eigenvalue weighted by Gasteiger charge is 2.23. The van der Waals surface area contributed by atoms with Gasteiger partial charge in [-0.05, 0) is 49.1 Å². The van der Waals surface area contributed by atoms with Gasteiger partial charge in [-0.25, -0.2) is 0 Å². The molecule has 0 atom stereocenters. The van der Waals surface area contributed by atoms with Crippen molar-refractivity contribution in [3.8, 4) is 0 Å². The van der Waals surface area contributed by atoms with E-state index in [1.165, 1.54) is 6.08 Å². The monoisotopic (exact) mass is 415 g/mol. The van der Waals surface area contributed by atoms with Crippen LogP contribution in [0.2, 0.25) is 5.02 Å². The third kappa shape index (κ3) is 5.96. The largest absolute Gasteiger partial charge is 0.465 e. The van der Waals surface area contributed by atoms with Gasteiger partial charge in [0, 0.05) is 25.7 Å². The van der Waals surface area contributed by atoms with Crippen LogP contribution in [-0.4, -0.2) is 42.3 Å². The van der Waals surface area contributed by atoms with Gasteiger partial charge in [0.1, 0.15) is 5.76 Å². The maximum absolute atomic E-state index is 12.2.